The fourth-order valence-corrected chi connectivity index (χ4v) is 4.65. The Morgan fingerprint density at radius 2 is 1.56 bits per heavy atom. The second-order valence-corrected chi connectivity index (χ2v) is 9.54. The van der Waals surface area contributed by atoms with E-state index in [1.54, 1.807) is 7.11 Å². The molecule has 0 atom stereocenters. The second-order valence-electron chi connectivity index (χ2n) is 8.45. The standard InChI is InChI=1S/C30H27N3O2S/c1-20-4-8-22(9-5-20)26-18-28(23-10-14-25(35-3)15-11-23)33-30(27(26)19-31)36-17-16-29(34)32-24-12-6-21(2)7-13-24/h4-15,18H,16-17H2,1-3H3,(H,32,34). The maximum absolute atomic E-state index is 12.5. The van der Waals surface area contributed by atoms with E-state index in [1.807, 2.05) is 92.7 Å². The predicted molar refractivity (Wildman–Crippen MR) is 146 cm³/mol. The third-order valence-electron chi connectivity index (χ3n) is 5.75. The Balaban J connectivity index is 1.61. The van der Waals surface area contributed by atoms with E-state index >= 15 is 0 Å². The van der Waals surface area contributed by atoms with Crippen LogP contribution in [0, 0.1) is 25.2 Å². The van der Waals surface area contributed by atoms with Crippen LogP contribution in [0.5, 0.6) is 5.75 Å². The number of aryl methyl sites for hydroxylation is 2. The van der Waals surface area contributed by atoms with Crippen LogP contribution in [0.1, 0.15) is 23.1 Å². The SMILES string of the molecule is COc1ccc(-c2cc(-c3ccc(C)cc3)c(C#N)c(SCCC(=O)Nc3ccc(C)cc3)n2)cc1. The fraction of sp³-hybridized carbons (Fsp3) is 0.167. The fourth-order valence-electron chi connectivity index (χ4n) is 3.71. The Morgan fingerprint density at radius 1 is 0.944 bits per heavy atom. The third-order valence-corrected chi connectivity index (χ3v) is 6.73. The molecule has 3 aromatic carbocycles. The zero-order valence-corrected chi connectivity index (χ0v) is 21.4. The van der Waals surface area contributed by atoms with Crippen LogP contribution in [0.25, 0.3) is 22.4 Å². The van der Waals surface area contributed by atoms with E-state index in [0.29, 0.717) is 22.8 Å². The number of thioether (sulfide) groups is 1. The van der Waals surface area contributed by atoms with Crippen molar-refractivity contribution >= 4 is 23.4 Å². The highest BCUT2D eigenvalue weighted by atomic mass is 32.2. The van der Waals surface area contributed by atoms with Crippen LogP contribution in [0.3, 0.4) is 0 Å². The number of amides is 1. The average Bonchev–Trinajstić information content (AvgIpc) is 2.90. The summed E-state index contributed by atoms with van der Waals surface area (Å²) in [4.78, 5) is 17.3. The van der Waals surface area contributed by atoms with Crippen molar-refractivity contribution in [3.8, 4) is 34.2 Å². The first-order valence-electron chi connectivity index (χ1n) is 11.6. The lowest BCUT2D eigenvalue weighted by Crippen LogP contribution is -2.12. The van der Waals surface area contributed by atoms with Gasteiger partial charge in [-0.2, -0.15) is 5.26 Å². The molecule has 4 rings (SSSR count). The minimum absolute atomic E-state index is 0.0741. The summed E-state index contributed by atoms with van der Waals surface area (Å²) in [6.07, 6.45) is 0.303. The van der Waals surface area contributed by atoms with Crippen molar-refractivity contribution in [2.75, 3.05) is 18.2 Å². The van der Waals surface area contributed by atoms with Gasteiger partial charge in [0.05, 0.1) is 18.4 Å². The first-order chi connectivity index (χ1) is 17.5. The van der Waals surface area contributed by atoms with Crippen molar-refractivity contribution < 1.29 is 9.53 Å². The third kappa shape index (κ3) is 6.12. The van der Waals surface area contributed by atoms with Crippen LogP contribution in [0.2, 0.25) is 0 Å². The number of anilines is 1. The lowest BCUT2D eigenvalue weighted by molar-refractivity contribution is -0.115. The molecule has 1 heterocycles. The van der Waals surface area contributed by atoms with Crippen molar-refractivity contribution in [1.82, 2.24) is 4.98 Å². The molecule has 4 aromatic rings. The van der Waals surface area contributed by atoms with Crippen molar-refractivity contribution in [3.63, 3.8) is 0 Å². The van der Waals surface area contributed by atoms with E-state index in [9.17, 15) is 10.1 Å². The normalized spacial score (nSPS) is 10.5. The van der Waals surface area contributed by atoms with Gasteiger partial charge in [-0.05, 0) is 61.9 Å². The molecule has 180 valence electrons. The molecule has 0 saturated carbocycles. The number of carbonyl (C=O) groups is 1. The molecule has 0 aliphatic carbocycles. The lowest BCUT2D eigenvalue weighted by Gasteiger charge is -2.13. The number of rotatable bonds is 8. The van der Waals surface area contributed by atoms with Crippen LogP contribution in [-0.4, -0.2) is 23.8 Å². The van der Waals surface area contributed by atoms with E-state index in [4.69, 9.17) is 9.72 Å². The molecule has 0 fully saturated rings. The van der Waals surface area contributed by atoms with Crippen LogP contribution in [0.15, 0.2) is 83.9 Å². The zero-order valence-electron chi connectivity index (χ0n) is 20.5. The monoisotopic (exact) mass is 493 g/mol. The first kappa shape index (κ1) is 25.0. The van der Waals surface area contributed by atoms with Crippen molar-refractivity contribution in [3.05, 3.63) is 95.6 Å². The van der Waals surface area contributed by atoms with Gasteiger partial charge in [0.1, 0.15) is 16.8 Å². The molecule has 0 aliphatic heterocycles. The van der Waals surface area contributed by atoms with Crippen LogP contribution in [-0.2, 0) is 4.79 Å². The van der Waals surface area contributed by atoms with Gasteiger partial charge in [-0.25, -0.2) is 4.98 Å². The molecule has 6 heteroatoms. The predicted octanol–water partition coefficient (Wildman–Crippen LogP) is 7.03. The van der Waals surface area contributed by atoms with E-state index in [2.05, 4.69) is 11.4 Å². The maximum atomic E-state index is 12.5. The summed E-state index contributed by atoms with van der Waals surface area (Å²) in [7, 11) is 1.63. The summed E-state index contributed by atoms with van der Waals surface area (Å²) in [6.45, 7) is 4.04. The van der Waals surface area contributed by atoms with Gasteiger partial charge in [0.25, 0.3) is 0 Å². The molecule has 1 N–H and O–H groups in total. The Bertz CT molecular complexity index is 1390. The summed E-state index contributed by atoms with van der Waals surface area (Å²) in [5.74, 6) is 1.19. The van der Waals surface area contributed by atoms with Gasteiger partial charge in [-0.3, -0.25) is 4.79 Å². The molecule has 0 bridgehead atoms. The van der Waals surface area contributed by atoms with Crippen molar-refractivity contribution in [2.45, 2.75) is 25.3 Å². The van der Waals surface area contributed by atoms with Gasteiger partial charge < -0.3 is 10.1 Å². The Labute approximate surface area is 216 Å². The highest BCUT2D eigenvalue weighted by Gasteiger charge is 2.16. The van der Waals surface area contributed by atoms with Crippen LogP contribution in [0.4, 0.5) is 5.69 Å². The molecule has 0 spiro atoms. The van der Waals surface area contributed by atoms with Crippen LogP contribution >= 0.6 is 11.8 Å². The number of nitrogens with zero attached hydrogens (tertiary/aromatic N) is 2. The molecular formula is C30H27N3O2S. The molecule has 0 saturated heterocycles. The highest BCUT2D eigenvalue weighted by Crippen LogP contribution is 2.35. The number of carbonyl (C=O) groups excluding carboxylic acids is 1. The number of benzene rings is 3. The quantitative estimate of drug-likeness (QED) is 0.267. The molecule has 36 heavy (non-hydrogen) atoms. The number of pyridine rings is 1. The summed E-state index contributed by atoms with van der Waals surface area (Å²) >= 11 is 1.42. The summed E-state index contributed by atoms with van der Waals surface area (Å²) in [5, 5.41) is 13.6. The van der Waals surface area contributed by atoms with Crippen molar-refractivity contribution in [2.24, 2.45) is 0 Å². The van der Waals surface area contributed by atoms with Crippen LogP contribution < -0.4 is 10.1 Å². The molecule has 0 unspecified atom stereocenters. The number of hydrogen-bond donors (Lipinski definition) is 1. The molecular weight excluding hydrogens is 466 g/mol. The minimum atomic E-state index is -0.0741. The molecule has 1 aromatic heterocycles. The molecule has 0 aliphatic rings. The number of nitrogens with one attached hydrogen (secondary N) is 1. The lowest BCUT2D eigenvalue weighted by atomic mass is 9.98. The van der Waals surface area contributed by atoms with Crippen molar-refractivity contribution in [1.29, 1.82) is 5.26 Å². The summed E-state index contributed by atoms with van der Waals surface area (Å²) in [6, 6.07) is 27.8. The number of ether oxygens (including phenoxy) is 1. The smallest absolute Gasteiger partial charge is 0.225 e. The van der Waals surface area contributed by atoms with Gasteiger partial charge in [0.15, 0.2) is 0 Å². The maximum Gasteiger partial charge on any atom is 0.225 e. The minimum Gasteiger partial charge on any atom is -0.497 e. The van der Waals surface area contributed by atoms with E-state index in [-0.39, 0.29) is 5.91 Å². The largest absolute Gasteiger partial charge is 0.497 e. The Hall–Kier alpha value is -4.08. The Morgan fingerprint density at radius 3 is 2.17 bits per heavy atom. The summed E-state index contributed by atoms with van der Waals surface area (Å²) < 4.78 is 5.29. The molecule has 5 nitrogen and oxygen atoms in total. The van der Waals surface area contributed by atoms with Gasteiger partial charge in [0.2, 0.25) is 5.91 Å². The topological polar surface area (TPSA) is 75.0 Å². The highest BCUT2D eigenvalue weighted by molar-refractivity contribution is 7.99. The van der Waals surface area contributed by atoms with Gasteiger partial charge in [-0.15, -0.1) is 11.8 Å². The van der Waals surface area contributed by atoms with E-state index in [0.717, 1.165) is 44.9 Å². The number of aromatic nitrogens is 1. The average molecular weight is 494 g/mol. The summed E-state index contributed by atoms with van der Waals surface area (Å²) in [5.41, 5.74) is 7.04. The number of hydrogen-bond acceptors (Lipinski definition) is 5. The van der Waals surface area contributed by atoms with Gasteiger partial charge in [0, 0.05) is 29.0 Å². The van der Waals surface area contributed by atoms with Gasteiger partial charge in [-0.1, -0.05) is 47.5 Å². The second kappa shape index (κ2) is 11.6. The van der Waals surface area contributed by atoms with E-state index < -0.39 is 0 Å². The van der Waals surface area contributed by atoms with E-state index in [1.165, 1.54) is 11.8 Å². The first-order valence-corrected chi connectivity index (χ1v) is 12.6. The van der Waals surface area contributed by atoms with Gasteiger partial charge >= 0.3 is 0 Å². The molecule has 0 radical (unpaired) electrons. The Kier molecular flexibility index (Phi) is 8.04. The molecule has 1 amide bonds. The zero-order chi connectivity index (χ0) is 25.5. The number of methoxy groups -OCH3 is 1. The number of nitriles is 1.